The molecule has 0 spiro atoms. The van der Waals surface area contributed by atoms with Crippen molar-refractivity contribution in [2.75, 3.05) is 13.2 Å². The van der Waals surface area contributed by atoms with E-state index in [0.29, 0.717) is 13.2 Å². The van der Waals surface area contributed by atoms with Crippen molar-refractivity contribution in [2.45, 2.75) is 70.7 Å². The molecule has 0 aromatic carbocycles. The van der Waals surface area contributed by atoms with E-state index in [1.54, 1.807) is 0 Å². The van der Waals surface area contributed by atoms with Crippen LogP contribution in [0.15, 0.2) is 0 Å². The molecule has 2 fully saturated rings. The van der Waals surface area contributed by atoms with Gasteiger partial charge in [0.15, 0.2) is 0 Å². The SMILES string of the molecule is CC(C)OC[C@]12CO[C@H]([C@H](C)O1)[C@H]2OC(C)C. The van der Waals surface area contributed by atoms with Crippen molar-refractivity contribution < 1.29 is 18.9 Å². The summed E-state index contributed by atoms with van der Waals surface area (Å²) in [4.78, 5) is 0. The van der Waals surface area contributed by atoms with Crippen LogP contribution in [0.5, 0.6) is 0 Å². The summed E-state index contributed by atoms with van der Waals surface area (Å²) in [5.41, 5.74) is -0.404. The highest BCUT2D eigenvalue weighted by molar-refractivity contribution is 5.08. The zero-order valence-electron chi connectivity index (χ0n) is 11.4. The summed E-state index contributed by atoms with van der Waals surface area (Å²) < 4.78 is 23.5. The Bertz CT molecular complexity index is 266. The fourth-order valence-corrected chi connectivity index (χ4v) is 2.59. The van der Waals surface area contributed by atoms with Gasteiger partial charge in [-0.2, -0.15) is 0 Å². The molecule has 17 heavy (non-hydrogen) atoms. The van der Waals surface area contributed by atoms with Crippen molar-refractivity contribution >= 4 is 0 Å². The Hall–Kier alpha value is -0.160. The second kappa shape index (κ2) is 4.84. The number of hydrogen-bond acceptors (Lipinski definition) is 4. The molecule has 4 atom stereocenters. The second-order valence-electron chi connectivity index (χ2n) is 5.63. The normalized spacial score (nSPS) is 40.8. The zero-order valence-corrected chi connectivity index (χ0v) is 11.4. The van der Waals surface area contributed by atoms with E-state index in [-0.39, 0.29) is 30.5 Å². The highest BCUT2D eigenvalue weighted by Crippen LogP contribution is 2.42. The van der Waals surface area contributed by atoms with Gasteiger partial charge < -0.3 is 18.9 Å². The van der Waals surface area contributed by atoms with Gasteiger partial charge in [-0.3, -0.25) is 0 Å². The van der Waals surface area contributed by atoms with E-state index in [9.17, 15) is 0 Å². The molecule has 2 heterocycles. The molecule has 0 radical (unpaired) electrons. The highest BCUT2D eigenvalue weighted by Gasteiger charge is 2.61. The van der Waals surface area contributed by atoms with Gasteiger partial charge in [0.05, 0.1) is 31.5 Å². The summed E-state index contributed by atoms with van der Waals surface area (Å²) in [6.45, 7) is 11.3. The summed E-state index contributed by atoms with van der Waals surface area (Å²) in [6, 6.07) is 0. The minimum atomic E-state index is -0.404. The summed E-state index contributed by atoms with van der Waals surface area (Å²) in [5.74, 6) is 0. The predicted octanol–water partition coefficient (Wildman–Crippen LogP) is 1.76. The molecule has 2 saturated heterocycles. The molecule has 100 valence electrons. The van der Waals surface area contributed by atoms with Crippen LogP contribution in [0.1, 0.15) is 34.6 Å². The first-order valence-corrected chi connectivity index (χ1v) is 6.51. The first-order chi connectivity index (χ1) is 7.94. The third kappa shape index (κ3) is 2.50. The van der Waals surface area contributed by atoms with E-state index in [1.165, 1.54) is 0 Å². The van der Waals surface area contributed by atoms with Gasteiger partial charge in [-0.05, 0) is 34.6 Å². The Labute approximate surface area is 104 Å². The topological polar surface area (TPSA) is 36.9 Å². The molecule has 0 aromatic rings. The lowest BCUT2D eigenvalue weighted by Gasteiger charge is -2.31. The standard InChI is InChI=1S/C13H24O4/c1-8(2)14-6-13-7-15-11(10(5)17-13)12(13)16-9(3)4/h8-12H,6-7H2,1-5H3/t10-,11+,12+,13+/m0/s1. The van der Waals surface area contributed by atoms with E-state index in [1.807, 2.05) is 34.6 Å². The molecular formula is C13H24O4. The monoisotopic (exact) mass is 244 g/mol. The van der Waals surface area contributed by atoms with Crippen LogP contribution >= 0.6 is 0 Å². The van der Waals surface area contributed by atoms with Crippen molar-refractivity contribution in [1.29, 1.82) is 0 Å². The van der Waals surface area contributed by atoms with Gasteiger partial charge in [0, 0.05) is 0 Å². The first kappa shape index (κ1) is 13.3. The van der Waals surface area contributed by atoms with E-state index in [0.717, 1.165) is 0 Å². The Balaban J connectivity index is 2.07. The molecule has 4 heteroatoms. The highest BCUT2D eigenvalue weighted by atomic mass is 16.7. The Morgan fingerprint density at radius 1 is 1.24 bits per heavy atom. The van der Waals surface area contributed by atoms with Crippen LogP contribution in [0.4, 0.5) is 0 Å². The minimum absolute atomic E-state index is 0.00347. The molecule has 0 aliphatic carbocycles. The lowest BCUT2D eigenvalue weighted by molar-refractivity contribution is -0.174. The van der Waals surface area contributed by atoms with Crippen molar-refractivity contribution in [3.05, 3.63) is 0 Å². The molecular weight excluding hydrogens is 220 g/mol. The van der Waals surface area contributed by atoms with E-state index in [4.69, 9.17) is 18.9 Å². The van der Waals surface area contributed by atoms with Crippen molar-refractivity contribution in [2.24, 2.45) is 0 Å². The van der Waals surface area contributed by atoms with Crippen LogP contribution in [0.3, 0.4) is 0 Å². The Morgan fingerprint density at radius 3 is 2.47 bits per heavy atom. The van der Waals surface area contributed by atoms with Gasteiger partial charge in [-0.1, -0.05) is 0 Å². The molecule has 0 aromatic heterocycles. The fourth-order valence-electron chi connectivity index (χ4n) is 2.59. The van der Waals surface area contributed by atoms with Crippen LogP contribution in [0, 0.1) is 0 Å². The van der Waals surface area contributed by atoms with Crippen LogP contribution in [0.25, 0.3) is 0 Å². The van der Waals surface area contributed by atoms with Gasteiger partial charge in [-0.25, -0.2) is 0 Å². The van der Waals surface area contributed by atoms with Crippen LogP contribution in [-0.4, -0.2) is 49.3 Å². The Morgan fingerprint density at radius 2 is 1.94 bits per heavy atom. The molecule has 2 bridgehead atoms. The average Bonchev–Trinajstić information content (AvgIpc) is 2.67. The zero-order chi connectivity index (χ0) is 12.6. The van der Waals surface area contributed by atoms with Crippen molar-refractivity contribution in [3.63, 3.8) is 0 Å². The van der Waals surface area contributed by atoms with Crippen LogP contribution < -0.4 is 0 Å². The fraction of sp³-hybridized carbons (Fsp3) is 1.00. The van der Waals surface area contributed by atoms with Gasteiger partial charge in [0.2, 0.25) is 0 Å². The molecule has 4 nitrogen and oxygen atoms in total. The van der Waals surface area contributed by atoms with Crippen LogP contribution in [-0.2, 0) is 18.9 Å². The van der Waals surface area contributed by atoms with E-state index < -0.39 is 5.60 Å². The maximum atomic E-state index is 6.04. The second-order valence-corrected chi connectivity index (χ2v) is 5.63. The third-order valence-corrected chi connectivity index (χ3v) is 3.30. The predicted molar refractivity (Wildman–Crippen MR) is 64.1 cm³/mol. The van der Waals surface area contributed by atoms with Crippen molar-refractivity contribution in [3.8, 4) is 0 Å². The first-order valence-electron chi connectivity index (χ1n) is 6.51. The molecule has 0 saturated carbocycles. The third-order valence-electron chi connectivity index (χ3n) is 3.30. The molecule has 0 amide bonds. The molecule has 2 aliphatic rings. The van der Waals surface area contributed by atoms with Gasteiger partial charge >= 0.3 is 0 Å². The van der Waals surface area contributed by atoms with Gasteiger partial charge in [0.1, 0.15) is 17.8 Å². The molecule has 2 aliphatic heterocycles. The summed E-state index contributed by atoms with van der Waals surface area (Å²) in [6.07, 6.45) is 0.506. The van der Waals surface area contributed by atoms with E-state index >= 15 is 0 Å². The maximum absolute atomic E-state index is 6.04. The Kier molecular flexibility index (Phi) is 3.78. The van der Waals surface area contributed by atoms with E-state index in [2.05, 4.69) is 0 Å². The maximum Gasteiger partial charge on any atom is 0.144 e. The summed E-state index contributed by atoms with van der Waals surface area (Å²) in [5, 5.41) is 0. The number of rotatable bonds is 5. The summed E-state index contributed by atoms with van der Waals surface area (Å²) >= 11 is 0. The lowest BCUT2D eigenvalue weighted by atomic mass is 9.99. The lowest BCUT2D eigenvalue weighted by Crippen LogP contribution is -2.47. The number of fused-ring (bicyclic) bond motifs is 2. The number of hydrogen-bond donors (Lipinski definition) is 0. The minimum Gasteiger partial charge on any atom is -0.376 e. The van der Waals surface area contributed by atoms with Crippen molar-refractivity contribution in [1.82, 2.24) is 0 Å². The molecule has 0 unspecified atom stereocenters. The summed E-state index contributed by atoms with van der Waals surface area (Å²) in [7, 11) is 0. The average molecular weight is 244 g/mol. The molecule has 2 rings (SSSR count). The van der Waals surface area contributed by atoms with Gasteiger partial charge in [0.25, 0.3) is 0 Å². The number of ether oxygens (including phenoxy) is 4. The smallest absolute Gasteiger partial charge is 0.144 e. The quantitative estimate of drug-likeness (QED) is 0.738. The molecule has 0 N–H and O–H groups in total. The van der Waals surface area contributed by atoms with Crippen LogP contribution in [0.2, 0.25) is 0 Å². The largest absolute Gasteiger partial charge is 0.376 e. The van der Waals surface area contributed by atoms with Gasteiger partial charge in [-0.15, -0.1) is 0 Å².